The summed E-state index contributed by atoms with van der Waals surface area (Å²) in [6, 6.07) is 3.47. The van der Waals surface area contributed by atoms with E-state index in [9.17, 15) is 13.2 Å². The number of halogens is 3. The highest BCUT2D eigenvalue weighted by Gasteiger charge is 2.39. The van der Waals surface area contributed by atoms with Crippen LogP contribution in [0.25, 0.3) is 16.8 Å². The van der Waals surface area contributed by atoms with E-state index in [1.54, 1.807) is 18.3 Å². The normalized spacial score (nSPS) is 15.2. The van der Waals surface area contributed by atoms with Crippen LogP contribution < -0.4 is 5.32 Å². The molecule has 0 radical (unpaired) electrons. The van der Waals surface area contributed by atoms with E-state index in [0.29, 0.717) is 35.6 Å². The largest absolute Gasteiger partial charge is 0.449 e. The number of imidazole rings is 1. The number of hydrogen-bond acceptors (Lipinski definition) is 4. The number of nitrogens with zero attached hydrogens (tertiary/aromatic N) is 5. The highest BCUT2D eigenvalue weighted by molar-refractivity contribution is 5.78. The topological polar surface area (TPSA) is 60.0 Å². The number of alkyl halides is 3. The van der Waals surface area contributed by atoms with Crippen molar-refractivity contribution in [1.29, 1.82) is 0 Å². The van der Waals surface area contributed by atoms with Gasteiger partial charge in [-0.05, 0) is 12.1 Å². The van der Waals surface area contributed by atoms with Crippen molar-refractivity contribution in [3.8, 4) is 11.3 Å². The Balaban J connectivity index is 1.97. The molecule has 9 heteroatoms. The summed E-state index contributed by atoms with van der Waals surface area (Å²) < 4.78 is 42.2. The van der Waals surface area contributed by atoms with E-state index in [2.05, 4.69) is 20.5 Å². The molecule has 1 aliphatic heterocycles. The van der Waals surface area contributed by atoms with Crippen molar-refractivity contribution in [2.75, 3.05) is 6.54 Å². The summed E-state index contributed by atoms with van der Waals surface area (Å²) >= 11 is 0. The van der Waals surface area contributed by atoms with Crippen LogP contribution in [0.1, 0.15) is 11.5 Å². The maximum Gasteiger partial charge on any atom is 0.449 e. The van der Waals surface area contributed by atoms with E-state index in [1.165, 1.54) is 15.4 Å². The Morgan fingerprint density at radius 2 is 2.09 bits per heavy atom. The first-order valence-electron chi connectivity index (χ1n) is 6.72. The molecule has 6 nitrogen and oxygen atoms in total. The lowest BCUT2D eigenvalue weighted by Gasteiger charge is -2.19. The van der Waals surface area contributed by atoms with Gasteiger partial charge in [0.05, 0.1) is 23.1 Å². The molecule has 22 heavy (non-hydrogen) atoms. The fraction of sp³-hybridized carbons (Fsp3) is 0.308. The van der Waals surface area contributed by atoms with Gasteiger partial charge in [-0.1, -0.05) is 0 Å². The van der Waals surface area contributed by atoms with Crippen molar-refractivity contribution in [1.82, 2.24) is 29.7 Å². The predicted octanol–water partition coefficient (Wildman–Crippen LogP) is 1.71. The average Bonchev–Trinajstić information content (AvgIpc) is 3.07. The van der Waals surface area contributed by atoms with Crippen molar-refractivity contribution in [2.24, 2.45) is 0 Å². The third-order valence-electron chi connectivity index (χ3n) is 3.69. The van der Waals surface area contributed by atoms with Gasteiger partial charge in [-0.2, -0.15) is 28.0 Å². The minimum atomic E-state index is -4.48. The van der Waals surface area contributed by atoms with Crippen LogP contribution in [0.4, 0.5) is 13.2 Å². The first-order valence-corrected chi connectivity index (χ1v) is 6.72. The van der Waals surface area contributed by atoms with E-state index in [1.807, 2.05) is 0 Å². The van der Waals surface area contributed by atoms with Gasteiger partial charge in [0.1, 0.15) is 0 Å². The second-order valence-electron chi connectivity index (χ2n) is 5.01. The van der Waals surface area contributed by atoms with Crippen molar-refractivity contribution < 1.29 is 13.2 Å². The molecule has 1 aliphatic rings. The van der Waals surface area contributed by atoms with Crippen molar-refractivity contribution in [2.45, 2.75) is 19.3 Å². The lowest BCUT2D eigenvalue weighted by molar-refractivity contribution is -0.147. The average molecular weight is 308 g/mol. The highest BCUT2D eigenvalue weighted by atomic mass is 19.4. The summed E-state index contributed by atoms with van der Waals surface area (Å²) in [5, 5.41) is 11.2. The van der Waals surface area contributed by atoms with E-state index in [-0.39, 0.29) is 6.54 Å². The summed E-state index contributed by atoms with van der Waals surface area (Å²) in [6.07, 6.45) is -1.42. The van der Waals surface area contributed by atoms with Gasteiger partial charge in [-0.25, -0.2) is 4.98 Å². The predicted molar refractivity (Wildman–Crippen MR) is 70.9 cm³/mol. The van der Waals surface area contributed by atoms with E-state index < -0.39 is 12.0 Å². The Labute approximate surface area is 122 Å². The standard InChI is InChI=1S/C13H11F3N6/c14-13(15,16)12-20-11(10-7-17-4-5-21(10)12)8-6-19-22-9(8)2-1-3-18-22/h1-3,6,17H,4-5,7H2. The molecule has 0 amide bonds. The van der Waals surface area contributed by atoms with Crippen molar-refractivity contribution in [3.63, 3.8) is 0 Å². The second-order valence-corrected chi connectivity index (χ2v) is 5.01. The zero-order valence-electron chi connectivity index (χ0n) is 11.3. The van der Waals surface area contributed by atoms with Gasteiger partial charge in [0, 0.05) is 31.4 Å². The van der Waals surface area contributed by atoms with Gasteiger partial charge in [0.15, 0.2) is 0 Å². The minimum absolute atomic E-state index is 0.245. The molecule has 3 aromatic rings. The lowest BCUT2D eigenvalue weighted by Crippen LogP contribution is -2.30. The highest BCUT2D eigenvalue weighted by Crippen LogP contribution is 2.35. The lowest BCUT2D eigenvalue weighted by atomic mass is 10.1. The molecular weight excluding hydrogens is 297 g/mol. The molecule has 4 heterocycles. The van der Waals surface area contributed by atoms with Gasteiger partial charge in [0.25, 0.3) is 0 Å². The molecule has 0 unspecified atom stereocenters. The van der Waals surface area contributed by atoms with Crippen molar-refractivity contribution >= 4 is 5.52 Å². The van der Waals surface area contributed by atoms with Crippen LogP contribution in [0, 0.1) is 0 Å². The monoisotopic (exact) mass is 308 g/mol. The number of rotatable bonds is 1. The maximum absolute atomic E-state index is 13.2. The molecule has 0 atom stereocenters. The Bertz CT molecular complexity index is 847. The first-order chi connectivity index (χ1) is 10.6. The van der Waals surface area contributed by atoms with Crippen LogP contribution >= 0.6 is 0 Å². The van der Waals surface area contributed by atoms with Gasteiger partial charge < -0.3 is 9.88 Å². The molecular formula is C13H11F3N6. The maximum atomic E-state index is 13.2. The van der Waals surface area contributed by atoms with Crippen LogP contribution in [0.2, 0.25) is 0 Å². The number of hydrogen-bond donors (Lipinski definition) is 1. The summed E-state index contributed by atoms with van der Waals surface area (Å²) in [6.45, 7) is 1.08. The van der Waals surface area contributed by atoms with Gasteiger partial charge in [-0.15, -0.1) is 0 Å². The molecule has 3 aromatic heterocycles. The number of aromatic nitrogens is 5. The zero-order chi connectivity index (χ0) is 15.3. The van der Waals surface area contributed by atoms with Crippen LogP contribution in [0.3, 0.4) is 0 Å². The van der Waals surface area contributed by atoms with Crippen LogP contribution in [-0.2, 0) is 19.3 Å². The quantitative estimate of drug-likeness (QED) is 0.743. The molecule has 0 aliphatic carbocycles. The minimum Gasteiger partial charge on any atom is -0.321 e. The molecule has 4 rings (SSSR count). The second kappa shape index (κ2) is 4.54. The van der Waals surface area contributed by atoms with Crippen molar-refractivity contribution in [3.05, 3.63) is 36.0 Å². The molecule has 0 spiro atoms. The third-order valence-corrected chi connectivity index (χ3v) is 3.69. The molecule has 114 valence electrons. The Hall–Kier alpha value is -2.42. The zero-order valence-corrected chi connectivity index (χ0v) is 11.3. The summed E-state index contributed by atoms with van der Waals surface area (Å²) in [5.41, 5.74) is 2.01. The fourth-order valence-electron chi connectivity index (χ4n) is 2.75. The van der Waals surface area contributed by atoms with Crippen LogP contribution in [0.15, 0.2) is 24.5 Å². The van der Waals surface area contributed by atoms with E-state index >= 15 is 0 Å². The molecule has 0 fully saturated rings. The molecule has 0 aromatic carbocycles. The molecule has 0 saturated carbocycles. The molecule has 0 saturated heterocycles. The van der Waals surface area contributed by atoms with Crippen LogP contribution in [-0.4, -0.2) is 30.9 Å². The van der Waals surface area contributed by atoms with E-state index in [0.717, 1.165) is 0 Å². The van der Waals surface area contributed by atoms with Gasteiger partial charge in [-0.3, -0.25) is 0 Å². The molecule has 0 bridgehead atoms. The number of fused-ring (bicyclic) bond motifs is 2. The summed E-state index contributed by atoms with van der Waals surface area (Å²) in [4.78, 5) is 3.87. The Morgan fingerprint density at radius 1 is 1.23 bits per heavy atom. The molecule has 1 N–H and O–H groups in total. The van der Waals surface area contributed by atoms with E-state index in [4.69, 9.17) is 0 Å². The van der Waals surface area contributed by atoms with Crippen LogP contribution in [0.5, 0.6) is 0 Å². The smallest absolute Gasteiger partial charge is 0.321 e. The van der Waals surface area contributed by atoms with Gasteiger partial charge >= 0.3 is 6.18 Å². The fourth-order valence-corrected chi connectivity index (χ4v) is 2.75. The third kappa shape index (κ3) is 1.89. The SMILES string of the molecule is FC(F)(F)c1nc(-c2cnn3ncccc23)c2n1CCNC2. The number of nitrogens with one attached hydrogen (secondary N) is 1. The first kappa shape index (κ1) is 13.3. The summed E-state index contributed by atoms with van der Waals surface area (Å²) in [5.74, 6) is -0.859. The Kier molecular flexibility index (Phi) is 2.73. The van der Waals surface area contributed by atoms with Gasteiger partial charge in [0.2, 0.25) is 5.82 Å². The summed E-state index contributed by atoms with van der Waals surface area (Å²) in [7, 11) is 0. The Morgan fingerprint density at radius 3 is 2.91 bits per heavy atom.